The summed E-state index contributed by atoms with van der Waals surface area (Å²) in [5.41, 5.74) is 8.62. The molecule has 0 spiro atoms. The molecule has 1 aromatic carbocycles. The Kier molecular flexibility index (Phi) is 4.54. The number of rotatable bonds is 4. The monoisotopic (exact) mass is 398 g/mol. The van der Waals surface area contributed by atoms with Gasteiger partial charge in [-0.1, -0.05) is 12.1 Å². The predicted octanol–water partition coefficient (Wildman–Crippen LogP) is 3.23. The van der Waals surface area contributed by atoms with Crippen LogP contribution in [0.2, 0.25) is 0 Å². The van der Waals surface area contributed by atoms with Gasteiger partial charge in [-0.15, -0.1) is 0 Å². The fraction of sp³-hybridized carbons (Fsp3) is 0.250. The van der Waals surface area contributed by atoms with Crippen LogP contribution in [0.15, 0.2) is 53.8 Å². The first-order valence-electron chi connectivity index (χ1n) is 10.0. The summed E-state index contributed by atoms with van der Waals surface area (Å²) in [5.74, 6) is 0.685. The summed E-state index contributed by atoms with van der Waals surface area (Å²) in [5, 5.41) is 0. The number of benzene rings is 1. The lowest BCUT2D eigenvalue weighted by atomic mass is 9.91. The molecule has 3 aromatic rings. The van der Waals surface area contributed by atoms with Gasteiger partial charge in [0.15, 0.2) is 0 Å². The van der Waals surface area contributed by atoms with Crippen LogP contribution < -0.4 is 4.74 Å². The lowest BCUT2D eigenvalue weighted by Gasteiger charge is -2.30. The van der Waals surface area contributed by atoms with Crippen molar-refractivity contribution in [1.29, 1.82) is 0 Å². The minimum Gasteiger partial charge on any atom is -0.481 e. The van der Waals surface area contributed by atoms with Crippen LogP contribution in [0.25, 0.3) is 0 Å². The van der Waals surface area contributed by atoms with Crippen LogP contribution in [0.4, 0.5) is 0 Å². The summed E-state index contributed by atoms with van der Waals surface area (Å²) in [6.45, 7) is 3.70. The summed E-state index contributed by atoms with van der Waals surface area (Å²) in [6.07, 6.45) is 3.93. The number of fused-ring (bicyclic) bond motifs is 2. The Hall–Kier alpha value is -3.54. The van der Waals surface area contributed by atoms with Crippen molar-refractivity contribution >= 4 is 11.6 Å². The third-order valence-electron chi connectivity index (χ3n) is 5.72. The van der Waals surface area contributed by atoms with Crippen molar-refractivity contribution < 1.29 is 9.53 Å². The third-order valence-corrected chi connectivity index (χ3v) is 5.72. The number of amides is 1. The highest BCUT2D eigenvalue weighted by Gasteiger charge is 2.27. The van der Waals surface area contributed by atoms with Gasteiger partial charge in [0.2, 0.25) is 11.8 Å². The minimum atomic E-state index is 0.122. The summed E-state index contributed by atoms with van der Waals surface area (Å²) in [6, 6.07) is 12.3. The van der Waals surface area contributed by atoms with Crippen molar-refractivity contribution in [3.63, 3.8) is 0 Å². The molecule has 0 aliphatic carbocycles. The quantitative estimate of drug-likeness (QED) is 0.677. The molecule has 2 aromatic heterocycles. The standard InChI is InChI=1S/C24H22N4O2/c1-15-8-16(5-7-25-15)23-21-10-20-14-28(13-17-4-3-6-26-24(17)30-2)22(29)11-18(20)9-19(21)12-27-23/h3-10H,11-14H2,1-2H3. The zero-order valence-corrected chi connectivity index (χ0v) is 17.1. The molecule has 0 radical (unpaired) electrons. The van der Waals surface area contributed by atoms with Gasteiger partial charge < -0.3 is 9.64 Å². The molecular formula is C24H22N4O2. The normalized spacial score (nSPS) is 14.9. The molecule has 1 amide bonds. The fourth-order valence-corrected chi connectivity index (χ4v) is 4.24. The molecule has 2 aliphatic heterocycles. The molecule has 0 N–H and O–H groups in total. The maximum Gasteiger partial charge on any atom is 0.227 e. The Morgan fingerprint density at radius 3 is 2.80 bits per heavy atom. The smallest absolute Gasteiger partial charge is 0.227 e. The van der Waals surface area contributed by atoms with Crippen molar-refractivity contribution in [3.8, 4) is 5.88 Å². The van der Waals surface area contributed by atoms with Crippen LogP contribution in [0.3, 0.4) is 0 Å². The Balaban J connectivity index is 1.46. The average Bonchev–Trinajstić information content (AvgIpc) is 3.16. The topological polar surface area (TPSA) is 67.7 Å². The number of pyridine rings is 2. The molecule has 4 heterocycles. The van der Waals surface area contributed by atoms with E-state index in [0.717, 1.165) is 33.7 Å². The van der Waals surface area contributed by atoms with Crippen LogP contribution in [0, 0.1) is 6.92 Å². The van der Waals surface area contributed by atoms with E-state index in [1.165, 1.54) is 11.1 Å². The Labute approximate surface area is 175 Å². The largest absolute Gasteiger partial charge is 0.481 e. The number of carbonyl (C=O) groups excluding carboxylic acids is 1. The number of ether oxygens (including phenoxy) is 1. The second kappa shape index (κ2) is 7.37. The highest BCUT2D eigenvalue weighted by molar-refractivity contribution is 6.15. The first-order chi connectivity index (χ1) is 14.6. The van der Waals surface area contributed by atoms with Crippen LogP contribution in [-0.4, -0.2) is 33.6 Å². The Bertz CT molecular complexity index is 1190. The highest BCUT2D eigenvalue weighted by Crippen LogP contribution is 2.31. The summed E-state index contributed by atoms with van der Waals surface area (Å²) < 4.78 is 5.35. The van der Waals surface area contributed by atoms with Crippen molar-refractivity contribution in [3.05, 3.63) is 87.9 Å². The first-order valence-corrected chi connectivity index (χ1v) is 10.0. The Morgan fingerprint density at radius 1 is 1.07 bits per heavy atom. The van der Waals surface area contributed by atoms with Gasteiger partial charge in [-0.3, -0.25) is 14.8 Å². The zero-order chi connectivity index (χ0) is 20.7. The average molecular weight is 398 g/mol. The molecule has 0 unspecified atom stereocenters. The molecule has 0 bridgehead atoms. The van der Waals surface area contributed by atoms with E-state index in [9.17, 15) is 4.79 Å². The van der Waals surface area contributed by atoms with Gasteiger partial charge in [0.25, 0.3) is 0 Å². The lowest BCUT2D eigenvalue weighted by molar-refractivity contribution is -0.132. The van der Waals surface area contributed by atoms with E-state index in [1.54, 1.807) is 13.3 Å². The fourth-order valence-electron chi connectivity index (χ4n) is 4.24. The maximum absolute atomic E-state index is 12.8. The van der Waals surface area contributed by atoms with Gasteiger partial charge in [-0.2, -0.15) is 0 Å². The molecule has 6 heteroatoms. The Morgan fingerprint density at radius 2 is 1.97 bits per heavy atom. The highest BCUT2D eigenvalue weighted by atomic mass is 16.5. The van der Waals surface area contributed by atoms with Gasteiger partial charge in [0.1, 0.15) is 0 Å². The van der Waals surface area contributed by atoms with E-state index in [0.29, 0.717) is 31.9 Å². The SMILES string of the molecule is COc1ncccc1CN1Cc2cc3c(cc2CC1=O)CN=C3c1ccnc(C)c1. The van der Waals surface area contributed by atoms with E-state index >= 15 is 0 Å². The number of aromatic nitrogens is 2. The first kappa shape index (κ1) is 18.5. The van der Waals surface area contributed by atoms with E-state index < -0.39 is 0 Å². The van der Waals surface area contributed by atoms with E-state index in [-0.39, 0.29) is 5.91 Å². The molecule has 6 nitrogen and oxygen atoms in total. The van der Waals surface area contributed by atoms with Crippen LogP contribution in [-0.2, 0) is 30.8 Å². The number of methoxy groups -OCH3 is 1. The van der Waals surface area contributed by atoms with Crippen LogP contribution in [0.1, 0.15) is 39.1 Å². The molecule has 0 saturated carbocycles. The summed E-state index contributed by atoms with van der Waals surface area (Å²) >= 11 is 0. The van der Waals surface area contributed by atoms with Crippen LogP contribution >= 0.6 is 0 Å². The predicted molar refractivity (Wildman–Crippen MR) is 114 cm³/mol. The summed E-state index contributed by atoms with van der Waals surface area (Å²) in [4.78, 5) is 28.0. The van der Waals surface area contributed by atoms with Crippen molar-refractivity contribution in [2.24, 2.45) is 4.99 Å². The molecule has 2 aliphatic rings. The third kappa shape index (κ3) is 3.24. The van der Waals surface area contributed by atoms with Gasteiger partial charge in [-0.05, 0) is 47.9 Å². The molecule has 0 fully saturated rings. The minimum absolute atomic E-state index is 0.122. The molecule has 5 rings (SSSR count). The van der Waals surface area contributed by atoms with Crippen molar-refractivity contribution in [2.45, 2.75) is 33.0 Å². The second-order valence-corrected chi connectivity index (χ2v) is 7.73. The number of aliphatic imine (C=N–C) groups is 1. The molecular weight excluding hydrogens is 376 g/mol. The molecule has 150 valence electrons. The van der Waals surface area contributed by atoms with Crippen LogP contribution in [0.5, 0.6) is 5.88 Å². The summed E-state index contributed by atoms with van der Waals surface area (Å²) in [7, 11) is 1.60. The van der Waals surface area contributed by atoms with Gasteiger partial charge >= 0.3 is 0 Å². The molecule has 30 heavy (non-hydrogen) atoms. The van der Waals surface area contributed by atoms with Crippen molar-refractivity contribution in [2.75, 3.05) is 7.11 Å². The van der Waals surface area contributed by atoms with Gasteiger partial charge in [0, 0.05) is 41.3 Å². The van der Waals surface area contributed by atoms with Gasteiger partial charge in [-0.25, -0.2) is 4.98 Å². The number of aryl methyl sites for hydroxylation is 1. The lowest BCUT2D eigenvalue weighted by Crippen LogP contribution is -2.36. The van der Waals surface area contributed by atoms with E-state index in [4.69, 9.17) is 9.73 Å². The number of hydrogen-bond acceptors (Lipinski definition) is 5. The van der Waals surface area contributed by atoms with Crippen molar-refractivity contribution in [1.82, 2.24) is 14.9 Å². The molecule has 0 saturated heterocycles. The van der Waals surface area contributed by atoms with E-state index in [1.807, 2.05) is 36.2 Å². The van der Waals surface area contributed by atoms with Gasteiger partial charge in [0.05, 0.1) is 32.3 Å². The number of nitrogens with zero attached hydrogens (tertiary/aromatic N) is 4. The maximum atomic E-state index is 12.8. The zero-order valence-electron chi connectivity index (χ0n) is 17.1. The molecule has 0 atom stereocenters. The second-order valence-electron chi connectivity index (χ2n) is 7.73. The number of carbonyl (C=O) groups is 1. The van der Waals surface area contributed by atoms with E-state index in [2.05, 4.69) is 28.2 Å². The number of hydrogen-bond donors (Lipinski definition) is 0.